The summed E-state index contributed by atoms with van der Waals surface area (Å²) >= 11 is 0. The van der Waals surface area contributed by atoms with Gasteiger partial charge in [-0.25, -0.2) is 4.98 Å². The van der Waals surface area contributed by atoms with Gasteiger partial charge in [0.25, 0.3) is 0 Å². The number of Topliss-reactive ketones (excluding diaryl/α,β-unsaturated/α-hetero) is 1. The lowest BCUT2D eigenvalue weighted by Gasteiger charge is -2.10. The van der Waals surface area contributed by atoms with E-state index in [1.54, 1.807) is 18.3 Å². The largest absolute Gasteiger partial charge is 0.438 e. The third-order valence-electron chi connectivity index (χ3n) is 2.71. The summed E-state index contributed by atoms with van der Waals surface area (Å²) in [7, 11) is 0. The number of pyridine rings is 1. The molecule has 1 aromatic heterocycles. The van der Waals surface area contributed by atoms with Gasteiger partial charge in [-0.2, -0.15) is 0 Å². The standard InChI is InChI=1S/C15H15NO2/c1-3-12-7-4-5-9-14(12)18-15-13(11(2)17)8-6-10-16-15/h4-10H,3H2,1-2H3. The van der Waals surface area contributed by atoms with Crippen LogP contribution in [0.4, 0.5) is 0 Å². The van der Waals surface area contributed by atoms with E-state index >= 15 is 0 Å². The fourth-order valence-corrected chi connectivity index (χ4v) is 1.74. The van der Waals surface area contributed by atoms with Crippen molar-refractivity contribution in [2.45, 2.75) is 20.3 Å². The molecule has 18 heavy (non-hydrogen) atoms. The van der Waals surface area contributed by atoms with Crippen LogP contribution in [0.5, 0.6) is 11.6 Å². The Balaban J connectivity index is 2.37. The molecule has 0 saturated carbocycles. The lowest BCUT2D eigenvalue weighted by molar-refractivity contribution is 0.101. The molecule has 0 aliphatic heterocycles. The first-order valence-electron chi connectivity index (χ1n) is 5.94. The van der Waals surface area contributed by atoms with Crippen molar-refractivity contribution in [2.24, 2.45) is 0 Å². The molecule has 0 amide bonds. The van der Waals surface area contributed by atoms with Gasteiger partial charge in [-0.1, -0.05) is 25.1 Å². The number of ketones is 1. The Morgan fingerprint density at radius 3 is 2.72 bits per heavy atom. The van der Waals surface area contributed by atoms with Crippen molar-refractivity contribution in [2.75, 3.05) is 0 Å². The molecule has 0 saturated heterocycles. The van der Waals surface area contributed by atoms with Gasteiger partial charge in [-0.05, 0) is 37.1 Å². The van der Waals surface area contributed by atoms with Crippen molar-refractivity contribution in [1.82, 2.24) is 4.98 Å². The highest BCUT2D eigenvalue weighted by Gasteiger charge is 2.11. The number of benzene rings is 1. The van der Waals surface area contributed by atoms with Crippen molar-refractivity contribution in [3.63, 3.8) is 0 Å². The maximum atomic E-state index is 11.5. The minimum Gasteiger partial charge on any atom is -0.438 e. The third kappa shape index (κ3) is 2.56. The minimum atomic E-state index is -0.0490. The van der Waals surface area contributed by atoms with Crippen molar-refractivity contribution in [1.29, 1.82) is 0 Å². The fourth-order valence-electron chi connectivity index (χ4n) is 1.74. The summed E-state index contributed by atoms with van der Waals surface area (Å²) in [6, 6.07) is 11.2. The van der Waals surface area contributed by atoms with Crippen LogP contribution in [0, 0.1) is 0 Å². The van der Waals surface area contributed by atoms with E-state index in [2.05, 4.69) is 11.9 Å². The van der Waals surface area contributed by atoms with Crippen LogP contribution in [0.2, 0.25) is 0 Å². The monoisotopic (exact) mass is 241 g/mol. The van der Waals surface area contributed by atoms with Crippen molar-refractivity contribution in [3.8, 4) is 11.6 Å². The van der Waals surface area contributed by atoms with Gasteiger partial charge in [0.15, 0.2) is 5.78 Å². The van der Waals surface area contributed by atoms with Crippen molar-refractivity contribution in [3.05, 3.63) is 53.7 Å². The zero-order valence-electron chi connectivity index (χ0n) is 10.5. The number of rotatable bonds is 4. The van der Waals surface area contributed by atoms with Gasteiger partial charge in [-0.15, -0.1) is 0 Å². The maximum Gasteiger partial charge on any atom is 0.230 e. The quantitative estimate of drug-likeness (QED) is 0.767. The number of hydrogen-bond donors (Lipinski definition) is 0. The number of carbonyl (C=O) groups excluding carboxylic acids is 1. The summed E-state index contributed by atoms with van der Waals surface area (Å²) in [6.07, 6.45) is 2.49. The van der Waals surface area contributed by atoms with Crippen LogP contribution in [-0.2, 0) is 6.42 Å². The number of carbonyl (C=O) groups is 1. The van der Waals surface area contributed by atoms with Gasteiger partial charge in [0, 0.05) is 6.20 Å². The predicted molar refractivity (Wildman–Crippen MR) is 70.1 cm³/mol. The second kappa shape index (κ2) is 5.45. The van der Waals surface area contributed by atoms with E-state index in [0.717, 1.165) is 17.7 Å². The second-order valence-corrected chi connectivity index (χ2v) is 3.98. The molecule has 0 aliphatic rings. The SMILES string of the molecule is CCc1ccccc1Oc1ncccc1C(C)=O. The van der Waals surface area contributed by atoms with Crippen LogP contribution >= 0.6 is 0 Å². The highest BCUT2D eigenvalue weighted by Crippen LogP contribution is 2.26. The normalized spacial score (nSPS) is 10.1. The summed E-state index contributed by atoms with van der Waals surface area (Å²) in [6.45, 7) is 3.57. The van der Waals surface area contributed by atoms with E-state index < -0.39 is 0 Å². The molecule has 0 unspecified atom stereocenters. The molecule has 3 nitrogen and oxygen atoms in total. The molecule has 0 fully saturated rings. The van der Waals surface area contributed by atoms with Gasteiger partial charge < -0.3 is 4.74 Å². The third-order valence-corrected chi connectivity index (χ3v) is 2.71. The topological polar surface area (TPSA) is 39.2 Å². The summed E-state index contributed by atoms with van der Waals surface area (Å²) < 4.78 is 5.76. The van der Waals surface area contributed by atoms with E-state index in [9.17, 15) is 4.79 Å². The highest BCUT2D eigenvalue weighted by molar-refractivity contribution is 5.96. The molecule has 0 N–H and O–H groups in total. The number of ether oxygens (including phenoxy) is 1. The summed E-state index contributed by atoms with van der Waals surface area (Å²) in [5, 5.41) is 0. The minimum absolute atomic E-state index is 0.0490. The molecule has 2 aromatic rings. The van der Waals surface area contributed by atoms with E-state index in [4.69, 9.17) is 4.74 Å². The molecule has 92 valence electrons. The first-order valence-corrected chi connectivity index (χ1v) is 5.94. The average Bonchev–Trinajstić information content (AvgIpc) is 2.40. The molecule has 2 rings (SSSR count). The van der Waals surface area contributed by atoms with Crippen molar-refractivity contribution >= 4 is 5.78 Å². The smallest absolute Gasteiger partial charge is 0.230 e. The maximum absolute atomic E-state index is 11.5. The van der Waals surface area contributed by atoms with Crippen LogP contribution in [0.15, 0.2) is 42.6 Å². The number of para-hydroxylation sites is 1. The Morgan fingerprint density at radius 1 is 1.22 bits per heavy atom. The van der Waals surface area contributed by atoms with Crippen LogP contribution in [0.25, 0.3) is 0 Å². The van der Waals surface area contributed by atoms with Gasteiger partial charge in [-0.3, -0.25) is 4.79 Å². The molecular weight excluding hydrogens is 226 g/mol. The Morgan fingerprint density at radius 2 is 2.00 bits per heavy atom. The van der Waals surface area contributed by atoms with Crippen LogP contribution in [0.3, 0.4) is 0 Å². The molecule has 1 heterocycles. The Labute approximate surface area is 106 Å². The van der Waals surface area contributed by atoms with Gasteiger partial charge in [0.1, 0.15) is 5.75 Å². The summed E-state index contributed by atoms with van der Waals surface area (Å²) in [4.78, 5) is 15.6. The van der Waals surface area contributed by atoms with Gasteiger partial charge in [0.2, 0.25) is 5.88 Å². The molecule has 3 heteroatoms. The summed E-state index contributed by atoms with van der Waals surface area (Å²) in [5.41, 5.74) is 1.60. The van der Waals surface area contributed by atoms with E-state index in [1.807, 2.05) is 24.3 Å². The predicted octanol–water partition coefficient (Wildman–Crippen LogP) is 3.64. The first-order chi connectivity index (χ1) is 8.72. The zero-order chi connectivity index (χ0) is 13.0. The number of nitrogens with zero attached hydrogens (tertiary/aromatic N) is 1. The second-order valence-electron chi connectivity index (χ2n) is 3.98. The van der Waals surface area contributed by atoms with Crippen LogP contribution in [-0.4, -0.2) is 10.8 Å². The average molecular weight is 241 g/mol. The Kier molecular flexibility index (Phi) is 3.72. The Hall–Kier alpha value is -2.16. The Bertz CT molecular complexity index is 564. The van der Waals surface area contributed by atoms with Crippen molar-refractivity contribution < 1.29 is 9.53 Å². The van der Waals surface area contributed by atoms with Gasteiger partial charge in [0.05, 0.1) is 5.56 Å². The zero-order valence-corrected chi connectivity index (χ0v) is 10.5. The lowest BCUT2D eigenvalue weighted by Crippen LogP contribution is -2.00. The fraction of sp³-hybridized carbons (Fsp3) is 0.200. The van der Waals surface area contributed by atoms with E-state index in [1.165, 1.54) is 6.92 Å². The highest BCUT2D eigenvalue weighted by atomic mass is 16.5. The molecule has 1 aromatic carbocycles. The van der Waals surface area contributed by atoms with E-state index in [0.29, 0.717) is 11.4 Å². The first kappa shape index (κ1) is 12.3. The lowest BCUT2D eigenvalue weighted by atomic mass is 10.1. The molecule has 0 spiro atoms. The van der Waals surface area contributed by atoms with E-state index in [-0.39, 0.29) is 5.78 Å². The number of aromatic nitrogens is 1. The molecular formula is C15H15NO2. The molecule has 0 atom stereocenters. The summed E-state index contributed by atoms with van der Waals surface area (Å²) in [5.74, 6) is 1.07. The molecule has 0 radical (unpaired) electrons. The number of aryl methyl sites for hydroxylation is 1. The van der Waals surface area contributed by atoms with Crippen LogP contribution < -0.4 is 4.74 Å². The molecule has 0 aliphatic carbocycles. The number of hydrogen-bond acceptors (Lipinski definition) is 3. The molecule has 0 bridgehead atoms. The van der Waals surface area contributed by atoms with Gasteiger partial charge >= 0.3 is 0 Å². The van der Waals surface area contributed by atoms with Crippen LogP contribution in [0.1, 0.15) is 29.8 Å².